The number of thiocarbonyl (C=S) groups is 1. The fourth-order valence-corrected chi connectivity index (χ4v) is 5.09. The van der Waals surface area contributed by atoms with Gasteiger partial charge in [0.25, 0.3) is 0 Å². The number of rotatable bonds is 4. The van der Waals surface area contributed by atoms with Crippen LogP contribution in [0.2, 0.25) is 0 Å². The fraction of sp³-hybridized carbons (Fsp3) is 0.522. The molecule has 1 saturated carbocycles. The molecule has 0 radical (unpaired) electrons. The number of aromatic nitrogens is 2. The number of benzene rings is 1. The minimum absolute atomic E-state index is 0.477. The van der Waals surface area contributed by atoms with Crippen LogP contribution in [0.25, 0.3) is 0 Å². The average Bonchev–Trinajstić information content (AvgIpc) is 3.47. The molecular weight excluding hydrogens is 392 g/mol. The fourth-order valence-electron chi connectivity index (χ4n) is 4.83. The molecule has 2 fully saturated rings. The molecule has 1 aromatic carbocycles. The van der Waals surface area contributed by atoms with Gasteiger partial charge >= 0.3 is 0 Å². The van der Waals surface area contributed by atoms with Crippen molar-refractivity contribution in [2.75, 3.05) is 34.8 Å². The van der Waals surface area contributed by atoms with E-state index >= 15 is 0 Å². The SMILES string of the molecule is S=C(Nc1nc(N2CCCC2)cc(N2CCc3ccccc3C2)n1)NC1CCCC1. The quantitative estimate of drug-likeness (QED) is 0.726. The molecule has 30 heavy (non-hydrogen) atoms. The Bertz CT molecular complexity index is 904. The second kappa shape index (κ2) is 8.76. The van der Waals surface area contributed by atoms with Crippen LogP contribution >= 0.6 is 12.2 Å². The Labute approximate surface area is 184 Å². The molecule has 2 N–H and O–H groups in total. The van der Waals surface area contributed by atoms with Gasteiger partial charge in [-0.2, -0.15) is 9.97 Å². The van der Waals surface area contributed by atoms with Gasteiger partial charge in [-0.05, 0) is 55.4 Å². The summed E-state index contributed by atoms with van der Waals surface area (Å²) in [5.41, 5.74) is 2.83. The molecule has 1 aliphatic carbocycles. The van der Waals surface area contributed by atoms with Crippen molar-refractivity contribution in [1.82, 2.24) is 15.3 Å². The lowest BCUT2D eigenvalue weighted by atomic mass is 10.00. The van der Waals surface area contributed by atoms with Crippen LogP contribution in [0.4, 0.5) is 17.6 Å². The van der Waals surface area contributed by atoms with E-state index in [1.165, 1.54) is 49.7 Å². The second-order valence-electron chi connectivity index (χ2n) is 8.62. The van der Waals surface area contributed by atoms with Crippen molar-refractivity contribution in [1.29, 1.82) is 0 Å². The average molecular weight is 423 g/mol. The van der Waals surface area contributed by atoms with Crippen LogP contribution < -0.4 is 20.4 Å². The minimum Gasteiger partial charge on any atom is -0.360 e. The Morgan fingerprint density at radius 2 is 1.60 bits per heavy atom. The van der Waals surface area contributed by atoms with Crippen molar-refractivity contribution in [3.8, 4) is 0 Å². The van der Waals surface area contributed by atoms with E-state index in [1.807, 2.05) is 0 Å². The predicted molar refractivity (Wildman–Crippen MR) is 126 cm³/mol. The van der Waals surface area contributed by atoms with Gasteiger partial charge in [0.2, 0.25) is 5.95 Å². The van der Waals surface area contributed by atoms with E-state index in [4.69, 9.17) is 22.2 Å². The predicted octanol–water partition coefficient (Wildman–Crippen LogP) is 3.87. The molecule has 3 aliphatic rings. The molecule has 0 amide bonds. The number of hydrogen-bond donors (Lipinski definition) is 2. The summed E-state index contributed by atoms with van der Waals surface area (Å²) in [5, 5.41) is 7.35. The minimum atomic E-state index is 0.477. The zero-order valence-electron chi connectivity index (χ0n) is 17.4. The molecule has 158 valence electrons. The third kappa shape index (κ3) is 4.36. The molecule has 2 aromatic rings. The van der Waals surface area contributed by atoms with Gasteiger partial charge in [-0.25, -0.2) is 0 Å². The first-order valence-corrected chi connectivity index (χ1v) is 11.7. The van der Waals surface area contributed by atoms with Crippen molar-refractivity contribution in [3.05, 3.63) is 41.5 Å². The molecule has 1 aromatic heterocycles. The standard InChI is InChI=1S/C23H30N6S/c30-23(24-19-9-3-4-10-19)27-22-25-20(28-12-5-6-13-28)15-21(26-22)29-14-11-17-7-1-2-8-18(17)16-29/h1-2,7-8,15,19H,3-6,9-14,16H2,(H2,24,25,26,27,30). The molecule has 6 nitrogen and oxygen atoms in total. The van der Waals surface area contributed by atoms with E-state index in [0.29, 0.717) is 17.1 Å². The first-order valence-electron chi connectivity index (χ1n) is 11.3. The Morgan fingerprint density at radius 1 is 0.900 bits per heavy atom. The van der Waals surface area contributed by atoms with Crippen LogP contribution in [0.15, 0.2) is 30.3 Å². The number of hydrogen-bond acceptors (Lipinski definition) is 5. The summed E-state index contributed by atoms with van der Waals surface area (Å²) in [6, 6.07) is 11.3. The van der Waals surface area contributed by atoms with E-state index in [9.17, 15) is 0 Å². The number of fused-ring (bicyclic) bond motifs is 1. The molecule has 0 unspecified atom stereocenters. The molecule has 0 spiro atoms. The van der Waals surface area contributed by atoms with Gasteiger partial charge in [-0.15, -0.1) is 0 Å². The van der Waals surface area contributed by atoms with Crippen molar-refractivity contribution >= 4 is 34.9 Å². The Kier molecular flexibility index (Phi) is 5.71. The van der Waals surface area contributed by atoms with Gasteiger partial charge in [-0.3, -0.25) is 0 Å². The lowest BCUT2D eigenvalue weighted by molar-refractivity contribution is 0.634. The van der Waals surface area contributed by atoms with Gasteiger partial charge in [-0.1, -0.05) is 37.1 Å². The summed E-state index contributed by atoms with van der Waals surface area (Å²) in [5.74, 6) is 2.58. The first kappa shape index (κ1) is 19.5. The topological polar surface area (TPSA) is 56.3 Å². The molecule has 1 saturated heterocycles. The molecule has 7 heteroatoms. The lowest BCUT2D eigenvalue weighted by Crippen LogP contribution is -2.37. The smallest absolute Gasteiger partial charge is 0.232 e. The number of anilines is 3. The van der Waals surface area contributed by atoms with Crippen molar-refractivity contribution in [2.45, 2.75) is 57.5 Å². The first-order chi connectivity index (χ1) is 14.7. The van der Waals surface area contributed by atoms with E-state index < -0.39 is 0 Å². The van der Waals surface area contributed by atoms with Gasteiger partial charge in [0.05, 0.1) is 0 Å². The van der Waals surface area contributed by atoms with E-state index in [0.717, 1.165) is 44.2 Å². The Balaban J connectivity index is 1.38. The van der Waals surface area contributed by atoms with Crippen molar-refractivity contribution < 1.29 is 0 Å². The highest BCUT2D eigenvalue weighted by Gasteiger charge is 2.22. The lowest BCUT2D eigenvalue weighted by Gasteiger charge is -2.31. The molecular formula is C23H30N6S. The Hall–Kier alpha value is -2.41. The molecule has 0 atom stereocenters. The summed E-state index contributed by atoms with van der Waals surface area (Å²) >= 11 is 5.57. The van der Waals surface area contributed by atoms with Crippen LogP contribution in [-0.4, -0.2) is 40.8 Å². The maximum Gasteiger partial charge on any atom is 0.232 e. The zero-order valence-corrected chi connectivity index (χ0v) is 18.3. The highest BCUT2D eigenvalue weighted by atomic mass is 32.1. The van der Waals surface area contributed by atoms with Crippen molar-refractivity contribution in [3.63, 3.8) is 0 Å². The van der Waals surface area contributed by atoms with Crippen molar-refractivity contribution in [2.24, 2.45) is 0 Å². The summed E-state index contributed by atoms with van der Waals surface area (Å²) in [6.45, 7) is 3.97. The molecule has 0 bridgehead atoms. The normalized spacial score (nSPS) is 19.1. The summed E-state index contributed by atoms with van der Waals surface area (Å²) in [7, 11) is 0. The van der Waals surface area contributed by atoms with Crippen LogP contribution in [0.3, 0.4) is 0 Å². The number of nitrogens with one attached hydrogen (secondary N) is 2. The highest BCUT2D eigenvalue weighted by molar-refractivity contribution is 7.80. The van der Waals surface area contributed by atoms with Crippen LogP contribution in [0.5, 0.6) is 0 Å². The maximum atomic E-state index is 5.57. The maximum absolute atomic E-state index is 5.57. The Morgan fingerprint density at radius 3 is 2.37 bits per heavy atom. The van der Waals surface area contributed by atoms with Crippen LogP contribution in [0.1, 0.15) is 49.7 Å². The van der Waals surface area contributed by atoms with Crippen LogP contribution in [0, 0.1) is 0 Å². The molecule has 5 rings (SSSR count). The molecule has 2 aliphatic heterocycles. The van der Waals surface area contributed by atoms with E-state index in [-0.39, 0.29) is 0 Å². The van der Waals surface area contributed by atoms with Gasteiger partial charge in [0, 0.05) is 38.3 Å². The molecule has 3 heterocycles. The third-order valence-electron chi connectivity index (χ3n) is 6.50. The van der Waals surface area contributed by atoms with E-state index in [2.05, 4.69) is 50.8 Å². The van der Waals surface area contributed by atoms with Crippen LogP contribution in [-0.2, 0) is 13.0 Å². The monoisotopic (exact) mass is 422 g/mol. The largest absolute Gasteiger partial charge is 0.360 e. The number of nitrogens with zero attached hydrogens (tertiary/aromatic N) is 4. The second-order valence-corrected chi connectivity index (χ2v) is 9.03. The van der Waals surface area contributed by atoms with Gasteiger partial charge in [0.1, 0.15) is 11.6 Å². The summed E-state index contributed by atoms with van der Waals surface area (Å²) in [4.78, 5) is 14.4. The van der Waals surface area contributed by atoms with E-state index in [1.54, 1.807) is 0 Å². The summed E-state index contributed by atoms with van der Waals surface area (Å²) in [6.07, 6.45) is 8.43. The third-order valence-corrected chi connectivity index (χ3v) is 6.72. The summed E-state index contributed by atoms with van der Waals surface area (Å²) < 4.78 is 0. The zero-order chi connectivity index (χ0) is 20.3. The van der Waals surface area contributed by atoms with Gasteiger partial charge in [0.15, 0.2) is 5.11 Å². The van der Waals surface area contributed by atoms with Gasteiger partial charge < -0.3 is 20.4 Å². The highest BCUT2D eigenvalue weighted by Crippen LogP contribution is 2.28.